The number of fused-ring (bicyclic) bond motifs is 2. The molecule has 0 saturated heterocycles. The molecule has 4 rings (SSSR count). The number of furan rings is 1. The number of rotatable bonds is 4. The monoisotopic (exact) mass is 408 g/mol. The summed E-state index contributed by atoms with van der Waals surface area (Å²) in [6.07, 6.45) is -0.355. The molecule has 1 atom stereocenters. The minimum atomic E-state index is -0.598. The van der Waals surface area contributed by atoms with E-state index in [0.29, 0.717) is 24.3 Å². The maximum atomic E-state index is 13.0. The van der Waals surface area contributed by atoms with E-state index in [0.717, 1.165) is 28.0 Å². The third kappa shape index (κ3) is 3.75. The number of para-hydroxylation sites is 2. The summed E-state index contributed by atoms with van der Waals surface area (Å²) in [6.45, 7) is 8.24. The molecule has 1 aliphatic rings. The predicted octanol–water partition coefficient (Wildman–Crippen LogP) is 5.16. The first-order chi connectivity index (χ1) is 14.3. The Morgan fingerprint density at radius 3 is 2.70 bits per heavy atom. The van der Waals surface area contributed by atoms with E-state index in [2.05, 4.69) is 5.32 Å². The Morgan fingerprint density at radius 2 is 1.97 bits per heavy atom. The lowest BCUT2D eigenvalue weighted by Gasteiger charge is -2.29. The highest BCUT2D eigenvalue weighted by molar-refractivity contribution is 5.92. The van der Waals surface area contributed by atoms with E-state index in [4.69, 9.17) is 13.9 Å². The fraction of sp³-hybridized carbons (Fsp3) is 0.375. The van der Waals surface area contributed by atoms with Crippen LogP contribution in [0.1, 0.15) is 37.7 Å². The topological polar surface area (TPSA) is 63.9 Å². The molecule has 30 heavy (non-hydrogen) atoms. The van der Waals surface area contributed by atoms with Crippen molar-refractivity contribution in [2.75, 3.05) is 11.9 Å². The number of hydrogen-bond acceptors (Lipinski definition) is 5. The number of benzene rings is 2. The van der Waals surface area contributed by atoms with Crippen molar-refractivity contribution in [1.29, 1.82) is 0 Å². The second-order valence-electron chi connectivity index (χ2n) is 8.56. The first kappa shape index (κ1) is 20.3. The Hall–Kier alpha value is -2.99. The zero-order chi connectivity index (χ0) is 21.5. The summed E-state index contributed by atoms with van der Waals surface area (Å²) >= 11 is 0. The number of nitrogens with zero attached hydrogens (tertiary/aromatic N) is 1. The predicted molar refractivity (Wildman–Crippen MR) is 117 cm³/mol. The number of carbonyl (C=O) groups is 1. The zero-order valence-corrected chi connectivity index (χ0v) is 18.1. The molecule has 1 amide bonds. The number of hydrogen-bond donors (Lipinski definition) is 1. The van der Waals surface area contributed by atoms with Gasteiger partial charge in [-0.3, -0.25) is 0 Å². The molecule has 3 aromatic rings. The standard InChI is InChI=1S/C24H28N2O4/c1-15-18(14-25-5)17-10-8-12-20(22(17)28-15)29-21-13-16-9-6-7-11-19(16)26(21)23(27)30-24(2,3)4/h6-12,21,25H,13-14H2,1-5H3. The van der Waals surface area contributed by atoms with Gasteiger partial charge < -0.3 is 19.2 Å². The molecular weight excluding hydrogens is 380 g/mol. The van der Waals surface area contributed by atoms with Gasteiger partial charge in [-0.05, 0) is 52.4 Å². The van der Waals surface area contributed by atoms with Gasteiger partial charge in [0.15, 0.2) is 17.6 Å². The quantitative estimate of drug-likeness (QED) is 0.646. The Balaban J connectivity index is 1.70. The van der Waals surface area contributed by atoms with Crippen LogP contribution in [0, 0.1) is 6.92 Å². The first-order valence-electron chi connectivity index (χ1n) is 10.2. The van der Waals surface area contributed by atoms with Crippen molar-refractivity contribution in [2.24, 2.45) is 0 Å². The van der Waals surface area contributed by atoms with Gasteiger partial charge in [-0.2, -0.15) is 0 Å². The van der Waals surface area contributed by atoms with Crippen LogP contribution in [0.2, 0.25) is 0 Å². The molecule has 0 spiro atoms. The Morgan fingerprint density at radius 1 is 1.20 bits per heavy atom. The van der Waals surface area contributed by atoms with Crippen LogP contribution in [0.3, 0.4) is 0 Å². The van der Waals surface area contributed by atoms with Crippen LogP contribution in [0.25, 0.3) is 11.0 Å². The van der Waals surface area contributed by atoms with E-state index in [1.54, 1.807) is 4.90 Å². The second kappa shape index (κ2) is 7.69. The lowest BCUT2D eigenvalue weighted by Crippen LogP contribution is -2.44. The summed E-state index contributed by atoms with van der Waals surface area (Å²) in [4.78, 5) is 14.6. The van der Waals surface area contributed by atoms with Crippen molar-refractivity contribution in [1.82, 2.24) is 5.32 Å². The minimum Gasteiger partial charge on any atom is -0.466 e. The summed E-state index contributed by atoms with van der Waals surface area (Å²) in [5.41, 5.74) is 3.07. The highest BCUT2D eigenvalue weighted by Gasteiger charge is 2.38. The number of nitrogens with one attached hydrogen (secondary N) is 1. The van der Waals surface area contributed by atoms with Crippen LogP contribution < -0.4 is 15.0 Å². The van der Waals surface area contributed by atoms with Crippen LogP contribution >= 0.6 is 0 Å². The summed E-state index contributed by atoms with van der Waals surface area (Å²) in [5, 5.41) is 4.19. The molecule has 0 radical (unpaired) electrons. The Kier molecular flexibility index (Phi) is 5.20. The molecule has 6 heteroatoms. The fourth-order valence-electron chi connectivity index (χ4n) is 3.87. The van der Waals surface area contributed by atoms with Crippen molar-refractivity contribution in [3.05, 3.63) is 59.4 Å². The molecule has 1 unspecified atom stereocenters. The summed E-state index contributed by atoms with van der Waals surface area (Å²) < 4.78 is 18.1. The van der Waals surface area contributed by atoms with E-state index in [1.165, 1.54) is 0 Å². The maximum Gasteiger partial charge on any atom is 0.417 e. The van der Waals surface area contributed by atoms with Crippen molar-refractivity contribution >= 4 is 22.7 Å². The van der Waals surface area contributed by atoms with Crippen LogP contribution in [0.4, 0.5) is 10.5 Å². The van der Waals surface area contributed by atoms with Gasteiger partial charge in [0.05, 0.1) is 5.69 Å². The molecule has 6 nitrogen and oxygen atoms in total. The summed E-state index contributed by atoms with van der Waals surface area (Å²) in [5.74, 6) is 1.47. The van der Waals surface area contributed by atoms with Crippen LogP contribution in [0.15, 0.2) is 46.9 Å². The van der Waals surface area contributed by atoms with E-state index in [9.17, 15) is 4.79 Å². The number of amides is 1. The van der Waals surface area contributed by atoms with Crippen LogP contribution in [-0.2, 0) is 17.7 Å². The molecule has 0 fully saturated rings. The van der Waals surface area contributed by atoms with Crippen molar-refractivity contribution in [2.45, 2.75) is 52.5 Å². The fourth-order valence-corrected chi connectivity index (χ4v) is 3.87. The molecule has 1 aromatic heterocycles. The third-order valence-corrected chi connectivity index (χ3v) is 5.12. The third-order valence-electron chi connectivity index (χ3n) is 5.12. The van der Waals surface area contributed by atoms with Crippen molar-refractivity contribution < 1.29 is 18.7 Å². The minimum absolute atomic E-state index is 0.420. The zero-order valence-electron chi connectivity index (χ0n) is 18.1. The number of ether oxygens (including phenoxy) is 2. The van der Waals surface area contributed by atoms with E-state index >= 15 is 0 Å². The molecular formula is C24H28N2O4. The number of anilines is 1. The van der Waals surface area contributed by atoms with E-state index < -0.39 is 17.9 Å². The maximum absolute atomic E-state index is 13.0. The molecule has 2 aromatic carbocycles. The number of aryl methyl sites for hydroxylation is 1. The van der Waals surface area contributed by atoms with Gasteiger partial charge in [0.2, 0.25) is 0 Å². The number of carbonyl (C=O) groups excluding carboxylic acids is 1. The average Bonchev–Trinajstić information content (AvgIpc) is 3.19. The second-order valence-corrected chi connectivity index (χ2v) is 8.56. The van der Waals surface area contributed by atoms with Gasteiger partial charge in [0.25, 0.3) is 0 Å². The average molecular weight is 408 g/mol. The summed E-state index contributed by atoms with van der Waals surface area (Å²) in [7, 11) is 1.91. The smallest absolute Gasteiger partial charge is 0.417 e. The molecule has 158 valence electrons. The molecule has 0 bridgehead atoms. The van der Waals surface area contributed by atoms with E-state index in [1.807, 2.05) is 77.2 Å². The SMILES string of the molecule is CNCc1c(C)oc2c(OC3Cc4ccccc4N3C(=O)OC(C)(C)C)cccc12. The van der Waals surface area contributed by atoms with Crippen molar-refractivity contribution in [3.8, 4) is 5.75 Å². The van der Waals surface area contributed by atoms with Crippen LogP contribution in [-0.4, -0.2) is 25.0 Å². The van der Waals surface area contributed by atoms with Gasteiger partial charge in [0.1, 0.15) is 11.4 Å². The van der Waals surface area contributed by atoms with Crippen LogP contribution in [0.5, 0.6) is 5.75 Å². The molecule has 1 N–H and O–H groups in total. The normalized spacial score (nSPS) is 16.0. The van der Waals surface area contributed by atoms with Gasteiger partial charge in [-0.15, -0.1) is 0 Å². The van der Waals surface area contributed by atoms with Gasteiger partial charge in [0, 0.05) is 23.9 Å². The molecule has 1 aliphatic heterocycles. The molecule has 0 saturated carbocycles. The lowest BCUT2D eigenvalue weighted by molar-refractivity contribution is 0.0509. The van der Waals surface area contributed by atoms with E-state index in [-0.39, 0.29) is 0 Å². The first-order valence-corrected chi connectivity index (χ1v) is 10.2. The highest BCUT2D eigenvalue weighted by Crippen LogP contribution is 2.38. The lowest BCUT2D eigenvalue weighted by atomic mass is 10.1. The largest absolute Gasteiger partial charge is 0.466 e. The van der Waals surface area contributed by atoms with Gasteiger partial charge >= 0.3 is 6.09 Å². The molecule has 2 heterocycles. The van der Waals surface area contributed by atoms with Gasteiger partial charge in [-0.1, -0.05) is 30.3 Å². The molecule has 0 aliphatic carbocycles. The highest BCUT2D eigenvalue weighted by atomic mass is 16.6. The Bertz CT molecular complexity index is 1080. The van der Waals surface area contributed by atoms with Crippen molar-refractivity contribution in [3.63, 3.8) is 0 Å². The Labute approximate surface area is 176 Å². The summed E-state index contributed by atoms with van der Waals surface area (Å²) in [6, 6.07) is 13.7. The van der Waals surface area contributed by atoms with Gasteiger partial charge in [-0.25, -0.2) is 9.69 Å².